The molecule has 1 spiro atoms. The Bertz CT molecular complexity index is 824. The Balaban J connectivity index is 1.67. The fourth-order valence-electron chi connectivity index (χ4n) is 9.93. The summed E-state index contributed by atoms with van der Waals surface area (Å²) in [5.41, 5.74) is -5.09. The molecule has 1 saturated heterocycles. The second-order valence-electron chi connectivity index (χ2n) is 11.1. The fraction of sp³-hybridized carbons (Fsp3) is 0.913. The van der Waals surface area contributed by atoms with Crippen LogP contribution in [-0.2, 0) is 9.47 Å². The van der Waals surface area contributed by atoms with Gasteiger partial charge in [0, 0.05) is 55.8 Å². The van der Waals surface area contributed by atoms with Crippen molar-refractivity contribution in [3.05, 3.63) is 12.2 Å². The second kappa shape index (κ2) is 6.10. The first kappa shape index (κ1) is 21.0. The summed E-state index contributed by atoms with van der Waals surface area (Å²) in [5.74, 6) is -1.52. The van der Waals surface area contributed by atoms with Gasteiger partial charge in [-0.25, -0.2) is 0 Å². The summed E-state index contributed by atoms with van der Waals surface area (Å²) in [6.45, 7) is 3.53. The molecule has 4 saturated carbocycles. The number of nitrogens with zero attached hydrogens (tertiary/aromatic N) is 1. The predicted molar refractivity (Wildman–Crippen MR) is 109 cm³/mol. The topological polar surface area (TPSA) is 123 Å². The minimum absolute atomic E-state index is 0.164. The average molecular weight is 438 g/mol. The lowest BCUT2D eigenvalue weighted by Crippen LogP contribution is -2.81. The highest BCUT2D eigenvalue weighted by Gasteiger charge is 2.90. The molecular formula is C23H35NO7. The summed E-state index contributed by atoms with van der Waals surface area (Å²) < 4.78 is 11.3. The molecule has 0 aromatic heterocycles. The zero-order valence-electron chi connectivity index (χ0n) is 18.4. The molecule has 5 aliphatic carbocycles. The molecule has 6 rings (SSSR count). The second-order valence-corrected chi connectivity index (χ2v) is 11.1. The van der Waals surface area contributed by atoms with Crippen molar-refractivity contribution >= 4 is 0 Å². The van der Waals surface area contributed by atoms with Crippen molar-refractivity contribution in [2.45, 2.75) is 61.4 Å². The molecule has 8 nitrogen and oxygen atoms in total. The number of hydrogen-bond acceptors (Lipinski definition) is 8. The molecule has 0 aromatic rings. The van der Waals surface area contributed by atoms with Gasteiger partial charge in [-0.2, -0.15) is 0 Å². The summed E-state index contributed by atoms with van der Waals surface area (Å²) in [6.07, 6.45) is 1.10. The first-order chi connectivity index (χ1) is 14.7. The zero-order valence-corrected chi connectivity index (χ0v) is 18.4. The van der Waals surface area contributed by atoms with Crippen LogP contribution >= 0.6 is 0 Å². The van der Waals surface area contributed by atoms with Gasteiger partial charge in [0.25, 0.3) is 0 Å². The number of ether oxygens (including phenoxy) is 2. The number of methoxy groups -OCH3 is 2. The summed E-state index contributed by atoms with van der Waals surface area (Å²) in [6, 6.07) is -0.622. The van der Waals surface area contributed by atoms with E-state index in [9.17, 15) is 25.5 Å². The molecule has 7 bridgehead atoms. The van der Waals surface area contributed by atoms with Crippen LogP contribution in [0.4, 0.5) is 0 Å². The molecule has 0 radical (unpaired) electrons. The van der Waals surface area contributed by atoms with E-state index in [1.807, 2.05) is 13.0 Å². The number of likely N-dealkylation sites (N-methyl/N-ethyl adjacent to an activating group) is 1. The van der Waals surface area contributed by atoms with E-state index >= 15 is 0 Å². The molecular weight excluding hydrogens is 402 g/mol. The molecule has 0 amide bonds. The monoisotopic (exact) mass is 437 g/mol. The Morgan fingerprint density at radius 1 is 1.16 bits per heavy atom. The van der Waals surface area contributed by atoms with Crippen molar-refractivity contribution in [1.82, 2.24) is 4.90 Å². The minimum Gasteiger partial charge on any atom is -0.392 e. The first-order valence-electron chi connectivity index (χ1n) is 11.6. The van der Waals surface area contributed by atoms with Crippen LogP contribution < -0.4 is 0 Å². The van der Waals surface area contributed by atoms with E-state index < -0.39 is 64.3 Å². The number of piperidine rings is 1. The highest BCUT2D eigenvalue weighted by Crippen LogP contribution is 2.78. The van der Waals surface area contributed by atoms with Crippen molar-refractivity contribution in [1.29, 1.82) is 0 Å². The lowest BCUT2D eigenvalue weighted by molar-refractivity contribution is -0.309. The van der Waals surface area contributed by atoms with Crippen LogP contribution in [0.1, 0.15) is 19.8 Å². The summed E-state index contributed by atoms with van der Waals surface area (Å²) in [7, 11) is 3.20. The van der Waals surface area contributed by atoms with Gasteiger partial charge in [0.05, 0.1) is 37.1 Å². The number of fused-ring (bicyclic) bond motifs is 2. The fourth-order valence-corrected chi connectivity index (χ4v) is 9.93. The Morgan fingerprint density at radius 2 is 1.90 bits per heavy atom. The Hall–Kier alpha value is -0.580. The summed E-state index contributed by atoms with van der Waals surface area (Å²) in [5, 5.41) is 59.5. The third kappa shape index (κ3) is 1.88. The van der Waals surface area contributed by atoms with Crippen molar-refractivity contribution in [3.8, 4) is 0 Å². The molecule has 31 heavy (non-hydrogen) atoms. The Labute approximate surface area is 182 Å². The van der Waals surface area contributed by atoms with E-state index in [1.165, 1.54) is 0 Å². The first-order valence-corrected chi connectivity index (χ1v) is 11.6. The third-order valence-corrected chi connectivity index (χ3v) is 10.6. The van der Waals surface area contributed by atoms with Crippen molar-refractivity contribution < 1.29 is 35.0 Å². The van der Waals surface area contributed by atoms with E-state index in [-0.39, 0.29) is 18.3 Å². The van der Waals surface area contributed by atoms with Gasteiger partial charge in [0.2, 0.25) is 0 Å². The van der Waals surface area contributed by atoms with E-state index in [0.717, 1.165) is 0 Å². The van der Waals surface area contributed by atoms with Gasteiger partial charge in [-0.15, -0.1) is 0 Å². The molecule has 6 aliphatic rings. The molecule has 1 heterocycles. The minimum atomic E-state index is -1.90. The molecule has 174 valence electrons. The Morgan fingerprint density at radius 3 is 2.55 bits per heavy atom. The highest BCUT2D eigenvalue weighted by atomic mass is 16.5. The van der Waals surface area contributed by atoms with Crippen molar-refractivity contribution in [2.75, 3.05) is 33.9 Å². The molecule has 5 N–H and O–H groups in total. The molecule has 8 heteroatoms. The van der Waals surface area contributed by atoms with E-state index in [0.29, 0.717) is 26.1 Å². The quantitative estimate of drug-likeness (QED) is 0.346. The number of aliphatic hydroxyl groups is 5. The van der Waals surface area contributed by atoms with Crippen LogP contribution in [0.25, 0.3) is 0 Å². The third-order valence-electron chi connectivity index (χ3n) is 10.6. The normalized spacial score (nSPS) is 63.5. The number of rotatable bonds is 4. The van der Waals surface area contributed by atoms with Gasteiger partial charge in [-0.3, -0.25) is 4.90 Å². The van der Waals surface area contributed by atoms with Crippen molar-refractivity contribution in [3.63, 3.8) is 0 Å². The van der Waals surface area contributed by atoms with Gasteiger partial charge >= 0.3 is 0 Å². The highest BCUT2D eigenvalue weighted by molar-refractivity contribution is 5.43. The van der Waals surface area contributed by atoms with Crippen LogP contribution in [0, 0.1) is 34.5 Å². The maximum Gasteiger partial charge on any atom is 0.136 e. The van der Waals surface area contributed by atoms with Crippen LogP contribution in [0.15, 0.2) is 12.2 Å². The largest absolute Gasteiger partial charge is 0.392 e. The van der Waals surface area contributed by atoms with E-state index in [2.05, 4.69) is 4.90 Å². The van der Waals surface area contributed by atoms with E-state index in [1.54, 1.807) is 20.3 Å². The predicted octanol–water partition coefficient (Wildman–Crippen LogP) is -1.26. The lowest BCUT2D eigenvalue weighted by Gasteiger charge is -2.68. The smallest absolute Gasteiger partial charge is 0.136 e. The maximum absolute atomic E-state index is 12.4. The molecule has 13 atom stereocenters. The molecule has 1 aliphatic heterocycles. The zero-order chi connectivity index (χ0) is 22.1. The molecule has 0 unspecified atom stereocenters. The SMILES string of the molecule is CCN1C[C@]2(COC)C=C[C@H](O)[C@@]34[C@@H]5C[C@H]6[C@H](O)[C@@H]5[C@](O)(C[C@@H]6OC)[C@@](O)([C@@H](O)[C@H]23)[C@@H]14. The van der Waals surface area contributed by atoms with Crippen LogP contribution in [0.5, 0.6) is 0 Å². The van der Waals surface area contributed by atoms with Gasteiger partial charge in [0.15, 0.2) is 0 Å². The van der Waals surface area contributed by atoms with Crippen LogP contribution in [-0.4, -0.2) is 106 Å². The van der Waals surface area contributed by atoms with Gasteiger partial charge in [-0.1, -0.05) is 19.1 Å². The number of likely N-dealkylation sites (tertiary alicyclic amines) is 1. The maximum atomic E-state index is 12.4. The summed E-state index contributed by atoms with van der Waals surface area (Å²) in [4.78, 5) is 2.13. The van der Waals surface area contributed by atoms with Gasteiger partial charge < -0.3 is 35.0 Å². The lowest BCUT2D eigenvalue weighted by atomic mass is 9.44. The summed E-state index contributed by atoms with van der Waals surface area (Å²) >= 11 is 0. The van der Waals surface area contributed by atoms with Gasteiger partial charge in [-0.05, 0) is 18.9 Å². The number of hydrogen-bond donors (Lipinski definition) is 5. The molecule has 0 aromatic carbocycles. The van der Waals surface area contributed by atoms with Crippen LogP contribution in [0.2, 0.25) is 0 Å². The number of aliphatic hydroxyl groups excluding tert-OH is 3. The molecule has 5 fully saturated rings. The van der Waals surface area contributed by atoms with Gasteiger partial charge in [0.1, 0.15) is 11.2 Å². The average Bonchev–Trinajstić information content (AvgIpc) is 3.10. The standard InChI is InChI=1S/C23H35NO7/c1-4-24-9-20(10-30-2)6-5-14(25)22-12-7-11-13(31-3)8-21(28,15(12)16(11)26)23(29,19(22)24)18(27)17(20)22/h5-6,11-19,25-29H,4,7-10H2,1-3H3/t11-,12-,13+,14+,15-,16+,17-,18+,19+,20+,21-,22+,23-/m1/s1. The Kier molecular flexibility index (Phi) is 4.13. The van der Waals surface area contributed by atoms with E-state index in [4.69, 9.17) is 9.47 Å². The van der Waals surface area contributed by atoms with Crippen LogP contribution in [0.3, 0.4) is 0 Å². The van der Waals surface area contributed by atoms with Crippen molar-refractivity contribution in [2.24, 2.45) is 34.5 Å².